The summed E-state index contributed by atoms with van der Waals surface area (Å²) in [6.07, 6.45) is 6.50. The number of benzene rings is 1. The molecular weight excluding hydrogens is 302 g/mol. The van der Waals surface area contributed by atoms with E-state index >= 15 is 0 Å². The molecule has 0 radical (unpaired) electrons. The predicted molar refractivity (Wildman–Crippen MR) is 85.8 cm³/mol. The van der Waals surface area contributed by atoms with Crippen molar-refractivity contribution in [2.24, 2.45) is 0 Å². The summed E-state index contributed by atoms with van der Waals surface area (Å²) in [6, 6.07) is 6.72. The number of hydrogen-bond acceptors (Lipinski definition) is 2. The first kappa shape index (κ1) is 16.3. The summed E-state index contributed by atoms with van der Waals surface area (Å²) in [5.74, 6) is 0.879. The molecule has 0 spiro atoms. The van der Waals surface area contributed by atoms with E-state index in [1.807, 2.05) is 12.1 Å². The molecule has 1 rings (SSSR count). The Morgan fingerprint density at radius 2 is 2.26 bits per heavy atom. The average molecular weight is 326 g/mol. The molecule has 106 valence electrons. The van der Waals surface area contributed by atoms with Crippen LogP contribution in [-0.4, -0.2) is 13.7 Å². The number of rotatable bonds is 9. The molecule has 1 unspecified atom stereocenters. The van der Waals surface area contributed by atoms with Crippen LogP contribution >= 0.6 is 15.9 Å². The molecule has 0 aromatic heterocycles. The van der Waals surface area contributed by atoms with Crippen LogP contribution in [0, 0.1) is 0 Å². The molecule has 0 heterocycles. The van der Waals surface area contributed by atoms with Crippen molar-refractivity contribution >= 4 is 15.9 Å². The maximum Gasteiger partial charge on any atom is 0.133 e. The molecule has 3 heteroatoms. The number of ether oxygens (including phenoxy) is 1. The Bertz CT molecular complexity index is 392. The van der Waals surface area contributed by atoms with Gasteiger partial charge in [-0.25, -0.2) is 0 Å². The van der Waals surface area contributed by atoms with Crippen LogP contribution in [0.4, 0.5) is 0 Å². The fourth-order valence-electron chi connectivity index (χ4n) is 2.07. The molecule has 1 N–H and O–H groups in total. The standard InChI is InChI=1S/C16H24BrNO/c1-4-6-7-8-15(18-11-5-2)13-9-10-16(19-3)14(17)12-13/h4,9-10,12,15,18H,1,5-8,11H2,2-3H3. The van der Waals surface area contributed by atoms with Crippen LogP contribution in [0.2, 0.25) is 0 Å². The van der Waals surface area contributed by atoms with Crippen molar-refractivity contribution in [3.8, 4) is 5.75 Å². The summed E-state index contributed by atoms with van der Waals surface area (Å²) in [7, 11) is 1.69. The first-order valence-electron chi connectivity index (χ1n) is 6.90. The van der Waals surface area contributed by atoms with Gasteiger partial charge >= 0.3 is 0 Å². The van der Waals surface area contributed by atoms with E-state index in [9.17, 15) is 0 Å². The highest BCUT2D eigenvalue weighted by Crippen LogP contribution is 2.29. The molecule has 1 aromatic rings. The van der Waals surface area contributed by atoms with Gasteiger partial charge in [0.1, 0.15) is 5.75 Å². The minimum atomic E-state index is 0.405. The van der Waals surface area contributed by atoms with E-state index < -0.39 is 0 Å². The second-order valence-corrected chi connectivity index (χ2v) is 5.47. The smallest absolute Gasteiger partial charge is 0.133 e. The zero-order valence-electron chi connectivity index (χ0n) is 11.9. The van der Waals surface area contributed by atoms with Crippen LogP contribution in [0.3, 0.4) is 0 Å². The topological polar surface area (TPSA) is 21.3 Å². The van der Waals surface area contributed by atoms with Crippen LogP contribution in [0.1, 0.15) is 44.2 Å². The quantitative estimate of drug-likeness (QED) is 0.517. The second kappa shape index (κ2) is 9.16. The first-order chi connectivity index (χ1) is 9.22. The lowest BCUT2D eigenvalue weighted by molar-refractivity contribution is 0.411. The second-order valence-electron chi connectivity index (χ2n) is 4.62. The Kier molecular flexibility index (Phi) is 7.84. The highest BCUT2D eigenvalue weighted by molar-refractivity contribution is 9.10. The van der Waals surface area contributed by atoms with Gasteiger partial charge in [-0.1, -0.05) is 19.1 Å². The SMILES string of the molecule is C=CCCCC(NCCC)c1ccc(OC)c(Br)c1. The summed E-state index contributed by atoms with van der Waals surface area (Å²) >= 11 is 3.56. The maximum absolute atomic E-state index is 5.28. The average Bonchev–Trinajstić information content (AvgIpc) is 2.42. The number of allylic oxidation sites excluding steroid dienone is 1. The first-order valence-corrected chi connectivity index (χ1v) is 7.70. The van der Waals surface area contributed by atoms with Crippen molar-refractivity contribution < 1.29 is 4.74 Å². The van der Waals surface area contributed by atoms with E-state index in [2.05, 4.69) is 46.9 Å². The lowest BCUT2D eigenvalue weighted by Gasteiger charge is -2.19. The molecule has 0 saturated carbocycles. The Morgan fingerprint density at radius 3 is 2.84 bits per heavy atom. The molecule has 2 nitrogen and oxygen atoms in total. The number of halogens is 1. The minimum Gasteiger partial charge on any atom is -0.496 e. The van der Waals surface area contributed by atoms with E-state index in [0.717, 1.165) is 42.5 Å². The number of nitrogens with one attached hydrogen (secondary N) is 1. The van der Waals surface area contributed by atoms with E-state index in [4.69, 9.17) is 4.74 Å². The van der Waals surface area contributed by atoms with Crippen LogP contribution in [-0.2, 0) is 0 Å². The zero-order chi connectivity index (χ0) is 14.1. The van der Waals surface area contributed by atoms with Crippen molar-refractivity contribution in [3.63, 3.8) is 0 Å². The van der Waals surface area contributed by atoms with Gasteiger partial charge in [-0.2, -0.15) is 0 Å². The van der Waals surface area contributed by atoms with Gasteiger partial charge in [0.25, 0.3) is 0 Å². The summed E-state index contributed by atoms with van der Waals surface area (Å²) < 4.78 is 6.29. The molecule has 19 heavy (non-hydrogen) atoms. The Morgan fingerprint density at radius 1 is 1.47 bits per heavy atom. The fraction of sp³-hybridized carbons (Fsp3) is 0.500. The van der Waals surface area contributed by atoms with Crippen molar-refractivity contribution in [1.29, 1.82) is 0 Å². The normalized spacial score (nSPS) is 12.2. The lowest BCUT2D eigenvalue weighted by atomic mass is 10.0. The van der Waals surface area contributed by atoms with E-state index in [1.165, 1.54) is 5.56 Å². The van der Waals surface area contributed by atoms with Crippen molar-refractivity contribution in [2.45, 2.75) is 38.6 Å². The molecular formula is C16H24BrNO. The Balaban J connectivity index is 2.76. The van der Waals surface area contributed by atoms with E-state index in [1.54, 1.807) is 7.11 Å². The van der Waals surface area contributed by atoms with Crippen LogP contribution in [0.15, 0.2) is 35.3 Å². The summed E-state index contributed by atoms with van der Waals surface area (Å²) in [4.78, 5) is 0. The van der Waals surface area contributed by atoms with Gasteiger partial charge in [-0.15, -0.1) is 6.58 Å². The third kappa shape index (κ3) is 5.37. The zero-order valence-corrected chi connectivity index (χ0v) is 13.5. The van der Waals surface area contributed by atoms with Crippen LogP contribution in [0.5, 0.6) is 5.75 Å². The van der Waals surface area contributed by atoms with Gasteiger partial charge in [-0.05, 0) is 65.9 Å². The number of methoxy groups -OCH3 is 1. The molecule has 1 aromatic carbocycles. The highest BCUT2D eigenvalue weighted by Gasteiger charge is 2.12. The molecule has 0 aliphatic rings. The monoisotopic (exact) mass is 325 g/mol. The van der Waals surface area contributed by atoms with Gasteiger partial charge in [0.05, 0.1) is 11.6 Å². The molecule has 0 fully saturated rings. The highest BCUT2D eigenvalue weighted by atomic mass is 79.9. The van der Waals surface area contributed by atoms with Crippen molar-refractivity contribution in [1.82, 2.24) is 5.32 Å². The minimum absolute atomic E-state index is 0.405. The Hall–Kier alpha value is -0.800. The van der Waals surface area contributed by atoms with Gasteiger partial charge in [0, 0.05) is 6.04 Å². The fourth-order valence-corrected chi connectivity index (χ4v) is 2.63. The van der Waals surface area contributed by atoms with Crippen molar-refractivity contribution in [2.75, 3.05) is 13.7 Å². The third-order valence-corrected chi connectivity index (χ3v) is 3.74. The summed E-state index contributed by atoms with van der Waals surface area (Å²) in [6.45, 7) is 7.02. The molecule has 1 atom stereocenters. The van der Waals surface area contributed by atoms with Gasteiger partial charge in [-0.3, -0.25) is 0 Å². The molecule has 0 aliphatic carbocycles. The summed E-state index contributed by atoms with van der Waals surface area (Å²) in [5, 5.41) is 3.61. The number of unbranched alkanes of at least 4 members (excludes halogenated alkanes) is 1. The van der Waals surface area contributed by atoms with Gasteiger partial charge in [0.15, 0.2) is 0 Å². The van der Waals surface area contributed by atoms with Gasteiger partial charge in [0.2, 0.25) is 0 Å². The van der Waals surface area contributed by atoms with E-state index in [0.29, 0.717) is 6.04 Å². The summed E-state index contributed by atoms with van der Waals surface area (Å²) in [5.41, 5.74) is 1.31. The lowest BCUT2D eigenvalue weighted by Crippen LogP contribution is -2.22. The van der Waals surface area contributed by atoms with E-state index in [-0.39, 0.29) is 0 Å². The van der Waals surface area contributed by atoms with Crippen molar-refractivity contribution in [3.05, 3.63) is 40.9 Å². The molecule has 0 amide bonds. The predicted octanol–water partition coefficient (Wildman–Crippen LogP) is 4.85. The van der Waals surface area contributed by atoms with Gasteiger partial charge < -0.3 is 10.1 Å². The molecule has 0 saturated heterocycles. The third-order valence-electron chi connectivity index (χ3n) is 3.12. The van der Waals surface area contributed by atoms with Crippen LogP contribution in [0.25, 0.3) is 0 Å². The largest absolute Gasteiger partial charge is 0.496 e. The Labute approximate surface area is 125 Å². The molecule has 0 bridgehead atoms. The molecule has 0 aliphatic heterocycles. The maximum atomic E-state index is 5.28. The number of hydrogen-bond donors (Lipinski definition) is 1. The van der Waals surface area contributed by atoms with Crippen LogP contribution < -0.4 is 10.1 Å².